The highest BCUT2D eigenvalue weighted by atomic mass is 35.5. The van der Waals surface area contributed by atoms with Crippen LogP contribution in [0.25, 0.3) is 0 Å². The Hall–Kier alpha value is -0.440. The van der Waals surface area contributed by atoms with E-state index in [1.54, 1.807) is 18.0 Å². The zero-order valence-corrected chi connectivity index (χ0v) is 12.0. The van der Waals surface area contributed by atoms with Crippen LogP contribution in [0.2, 0.25) is 10.0 Å². The van der Waals surface area contributed by atoms with E-state index < -0.39 is 0 Å². The fourth-order valence-corrected chi connectivity index (χ4v) is 2.50. The van der Waals surface area contributed by atoms with Gasteiger partial charge in [-0.05, 0) is 30.2 Å². The second kappa shape index (κ2) is 6.48. The van der Waals surface area contributed by atoms with Crippen LogP contribution < -0.4 is 0 Å². The van der Waals surface area contributed by atoms with Crippen LogP contribution in [-0.2, 0) is 4.79 Å². The molecule has 0 fully saturated rings. The van der Waals surface area contributed by atoms with Gasteiger partial charge in [-0.25, -0.2) is 0 Å². The zero-order chi connectivity index (χ0) is 13.0. The van der Waals surface area contributed by atoms with Crippen molar-refractivity contribution in [3.8, 4) is 0 Å². The number of amides is 1. The van der Waals surface area contributed by atoms with E-state index in [4.69, 9.17) is 34.8 Å². The Morgan fingerprint density at radius 2 is 1.82 bits per heavy atom. The molecule has 1 unspecified atom stereocenters. The maximum absolute atomic E-state index is 11.6. The van der Waals surface area contributed by atoms with Crippen LogP contribution in [0.5, 0.6) is 0 Å². The molecule has 1 rings (SSSR count). The van der Waals surface area contributed by atoms with Gasteiger partial charge in [-0.2, -0.15) is 0 Å². The molecular formula is C12H14Cl3NO. The first kappa shape index (κ1) is 14.6. The molecule has 0 spiro atoms. The minimum atomic E-state index is -0.116. The number of benzene rings is 1. The standard InChI is InChI=1S/C12H14Cl3NO/c1-3-11(16(2)12(17)7-13)8-4-9(14)6-10(15)5-8/h4-6,11H,3,7H2,1-2H3. The summed E-state index contributed by atoms with van der Waals surface area (Å²) in [5, 5.41) is 1.13. The van der Waals surface area contributed by atoms with Crippen LogP contribution in [0.15, 0.2) is 18.2 Å². The maximum Gasteiger partial charge on any atom is 0.237 e. The molecule has 0 saturated carbocycles. The van der Waals surface area contributed by atoms with Crippen LogP contribution in [-0.4, -0.2) is 23.7 Å². The summed E-state index contributed by atoms with van der Waals surface area (Å²) in [6.07, 6.45) is 0.774. The minimum Gasteiger partial charge on any atom is -0.338 e. The van der Waals surface area contributed by atoms with Gasteiger partial charge in [0.1, 0.15) is 5.88 Å². The predicted octanol–water partition coefficient (Wildman–Crippen LogP) is 4.14. The van der Waals surface area contributed by atoms with Crippen molar-refractivity contribution >= 4 is 40.7 Å². The number of hydrogen-bond acceptors (Lipinski definition) is 1. The van der Waals surface area contributed by atoms with E-state index in [0.717, 1.165) is 12.0 Å². The number of alkyl halides is 1. The summed E-state index contributed by atoms with van der Waals surface area (Å²) < 4.78 is 0. The lowest BCUT2D eigenvalue weighted by atomic mass is 10.0. The predicted molar refractivity (Wildman–Crippen MR) is 73.0 cm³/mol. The molecule has 2 nitrogen and oxygen atoms in total. The molecule has 1 atom stereocenters. The van der Waals surface area contributed by atoms with Crippen molar-refractivity contribution in [2.24, 2.45) is 0 Å². The summed E-state index contributed by atoms with van der Waals surface area (Å²) >= 11 is 17.5. The van der Waals surface area contributed by atoms with Crippen LogP contribution in [0, 0.1) is 0 Å². The number of rotatable bonds is 4. The Morgan fingerprint density at radius 3 is 2.24 bits per heavy atom. The Balaban J connectivity index is 3.04. The highest BCUT2D eigenvalue weighted by Crippen LogP contribution is 2.28. The van der Waals surface area contributed by atoms with Crippen LogP contribution in [0.3, 0.4) is 0 Å². The van der Waals surface area contributed by atoms with E-state index >= 15 is 0 Å². The van der Waals surface area contributed by atoms with Crippen molar-refractivity contribution < 1.29 is 4.79 Å². The number of carbonyl (C=O) groups is 1. The topological polar surface area (TPSA) is 20.3 Å². The monoisotopic (exact) mass is 293 g/mol. The third-order valence-electron chi connectivity index (χ3n) is 2.63. The Labute approximate surface area is 116 Å². The molecule has 0 saturated heterocycles. The van der Waals surface area contributed by atoms with Gasteiger partial charge < -0.3 is 4.90 Å². The molecule has 0 bridgehead atoms. The molecule has 0 heterocycles. The van der Waals surface area contributed by atoms with Gasteiger partial charge in [0.2, 0.25) is 5.91 Å². The van der Waals surface area contributed by atoms with Crippen molar-refractivity contribution in [1.29, 1.82) is 0 Å². The van der Waals surface area contributed by atoms with Gasteiger partial charge >= 0.3 is 0 Å². The molecule has 5 heteroatoms. The molecule has 0 N–H and O–H groups in total. The van der Waals surface area contributed by atoms with E-state index in [1.807, 2.05) is 19.1 Å². The van der Waals surface area contributed by atoms with Crippen LogP contribution in [0.1, 0.15) is 24.9 Å². The van der Waals surface area contributed by atoms with Gasteiger partial charge in [0.05, 0.1) is 6.04 Å². The summed E-state index contributed by atoms with van der Waals surface area (Å²) in [5.41, 5.74) is 0.922. The SMILES string of the molecule is CCC(c1cc(Cl)cc(Cl)c1)N(C)C(=O)CCl. The van der Waals surface area contributed by atoms with E-state index in [2.05, 4.69) is 0 Å². The molecule has 0 aliphatic carbocycles. The van der Waals surface area contributed by atoms with Crippen LogP contribution in [0.4, 0.5) is 0 Å². The molecule has 0 aromatic heterocycles. The second-order valence-corrected chi connectivity index (χ2v) is 4.91. The lowest BCUT2D eigenvalue weighted by Crippen LogP contribution is -2.31. The quantitative estimate of drug-likeness (QED) is 0.764. The second-order valence-electron chi connectivity index (χ2n) is 3.77. The summed E-state index contributed by atoms with van der Waals surface area (Å²) in [6, 6.07) is 5.25. The largest absolute Gasteiger partial charge is 0.338 e. The number of hydrogen-bond donors (Lipinski definition) is 0. The van der Waals surface area contributed by atoms with Gasteiger partial charge in [0.25, 0.3) is 0 Å². The molecule has 0 aliphatic rings. The molecular weight excluding hydrogens is 280 g/mol. The van der Waals surface area contributed by atoms with Gasteiger partial charge in [-0.3, -0.25) is 4.79 Å². The molecule has 94 valence electrons. The average Bonchev–Trinajstić information content (AvgIpc) is 2.27. The molecule has 0 radical (unpaired) electrons. The molecule has 1 amide bonds. The number of halogens is 3. The molecule has 1 aromatic rings. The Bertz CT molecular complexity index is 388. The average molecular weight is 295 g/mol. The zero-order valence-electron chi connectivity index (χ0n) is 9.71. The summed E-state index contributed by atoms with van der Waals surface area (Å²) in [4.78, 5) is 13.2. The first-order valence-corrected chi connectivity index (χ1v) is 6.56. The fraction of sp³-hybridized carbons (Fsp3) is 0.417. The minimum absolute atomic E-state index is 0.0265. The van der Waals surface area contributed by atoms with Gasteiger partial charge in [-0.1, -0.05) is 30.1 Å². The lowest BCUT2D eigenvalue weighted by Gasteiger charge is -2.27. The van der Waals surface area contributed by atoms with Crippen molar-refractivity contribution in [3.63, 3.8) is 0 Å². The van der Waals surface area contributed by atoms with E-state index in [9.17, 15) is 4.79 Å². The van der Waals surface area contributed by atoms with Gasteiger partial charge in [0, 0.05) is 17.1 Å². The van der Waals surface area contributed by atoms with E-state index in [1.165, 1.54) is 0 Å². The van der Waals surface area contributed by atoms with E-state index in [-0.39, 0.29) is 17.8 Å². The van der Waals surface area contributed by atoms with Crippen molar-refractivity contribution in [1.82, 2.24) is 4.90 Å². The van der Waals surface area contributed by atoms with Gasteiger partial charge in [0.15, 0.2) is 0 Å². The summed E-state index contributed by atoms with van der Waals surface area (Å²) in [5.74, 6) is -0.143. The third-order valence-corrected chi connectivity index (χ3v) is 3.30. The van der Waals surface area contributed by atoms with Crippen molar-refractivity contribution in [2.45, 2.75) is 19.4 Å². The van der Waals surface area contributed by atoms with Crippen molar-refractivity contribution in [2.75, 3.05) is 12.9 Å². The first-order valence-electron chi connectivity index (χ1n) is 5.27. The molecule has 0 aliphatic heterocycles. The summed E-state index contributed by atoms with van der Waals surface area (Å²) in [6.45, 7) is 2.00. The van der Waals surface area contributed by atoms with Gasteiger partial charge in [-0.15, -0.1) is 11.6 Å². The number of nitrogens with zero attached hydrogens (tertiary/aromatic N) is 1. The third kappa shape index (κ3) is 3.77. The highest BCUT2D eigenvalue weighted by Gasteiger charge is 2.19. The maximum atomic E-state index is 11.6. The Kier molecular flexibility index (Phi) is 5.57. The lowest BCUT2D eigenvalue weighted by molar-refractivity contribution is -0.129. The molecule has 17 heavy (non-hydrogen) atoms. The number of carbonyl (C=O) groups excluding carboxylic acids is 1. The first-order chi connectivity index (χ1) is 7.99. The summed E-state index contributed by atoms with van der Waals surface area (Å²) in [7, 11) is 1.73. The smallest absolute Gasteiger partial charge is 0.237 e. The van der Waals surface area contributed by atoms with Crippen molar-refractivity contribution in [3.05, 3.63) is 33.8 Å². The van der Waals surface area contributed by atoms with E-state index in [0.29, 0.717) is 10.0 Å². The van der Waals surface area contributed by atoms with Crippen LogP contribution >= 0.6 is 34.8 Å². The Morgan fingerprint density at radius 1 is 1.29 bits per heavy atom. The highest BCUT2D eigenvalue weighted by molar-refractivity contribution is 6.34. The molecule has 1 aromatic carbocycles. The normalized spacial score (nSPS) is 12.3. The fourth-order valence-electron chi connectivity index (χ4n) is 1.77.